The molecular formula is C9H17NO2. The normalized spacial score (nSPS) is 19.3. The summed E-state index contributed by atoms with van der Waals surface area (Å²) in [5.74, 6) is 0.583. The molecule has 1 amide bonds. The number of nitrogens with two attached hydrogens (primary N) is 1. The molecule has 0 aromatic carbocycles. The molecule has 1 heterocycles. The van der Waals surface area contributed by atoms with Crippen molar-refractivity contribution in [2.24, 2.45) is 11.7 Å². The van der Waals surface area contributed by atoms with E-state index in [9.17, 15) is 4.79 Å². The number of carbonyl (C=O) groups is 1. The summed E-state index contributed by atoms with van der Waals surface area (Å²) in [5.41, 5.74) is 5.04. The third-order valence-electron chi connectivity index (χ3n) is 2.38. The lowest BCUT2D eigenvalue weighted by atomic mass is 9.94. The van der Waals surface area contributed by atoms with E-state index in [0.717, 1.165) is 44.8 Å². The van der Waals surface area contributed by atoms with Crippen LogP contribution in [0.25, 0.3) is 0 Å². The molecule has 12 heavy (non-hydrogen) atoms. The fourth-order valence-corrected chi connectivity index (χ4v) is 1.60. The van der Waals surface area contributed by atoms with Crippen molar-refractivity contribution in [1.82, 2.24) is 0 Å². The fraction of sp³-hybridized carbons (Fsp3) is 0.889. The van der Waals surface area contributed by atoms with Crippen LogP contribution in [0, 0.1) is 5.92 Å². The number of hydrogen-bond acceptors (Lipinski definition) is 2. The van der Waals surface area contributed by atoms with Gasteiger partial charge in [0.05, 0.1) is 0 Å². The Bertz CT molecular complexity index is 141. The lowest BCUT2D eigenvalue weighted by Crippen LogP contribution is -2.16. The number of carbonyl (C=O) groups excluding carboxylic acids is 1. The first-order chi connectivity index (χ1) is 5.79. The first-order valence-corrected chi connectivity index (χ1v) is 4.65. The van der Waals surface area contributed by atoms with Crippen LogP contribution < -0.4 is 5.73 Å². The number of hydrogen-bond donors (Lipinski definition) is 1. The van der Waals surface area contributed by atoms with Gasteiger partial charge >= 0.3 is 0 Å². The van der Waals surface area contributed by atoms with Crippen molar-refractivity contribution < 1.29 is 9.53 Å². The van der Waals surface area contributed by atoms with Gasteiger partial charge in [-0.2, -0.15) is 0 Å². The van der Waals surface area contributed by atoms with Crippen LogP contribution in [0.3, 0.4) is 0 Å². The van der Waals surface area contributed by atoms with Crippen LogP contribution in [0.5, 0.6) is 0 Å². The van der Waals surface area contributed by atoms with E-state index in [4.69, 9.17) is 10.5 Å². The van der Waals surface area contributed by atoms with Gasteiger partial charge in [-0.3, -0.25) is 4.79 Å². The molecule has 1 aliphatic heterocycles. The molecule has 0 bridgehead atoms. The average Bonchev–Trinajstić information content (AvgIpc) is 2.05. The van der Waals surface area contributed by atoms with Crippen LogP contribution in [-0.2, 0) is 9.53 Å². The van der Waals surface area contributed by atoms with Gasteiger partial charge < -0.3 is 10.5 Å². The number of primary amides is 1. The van der Waals surface area contributed by atoms with Crippen molar-refractivity contribution in [2.45, 2.75) is 32.1 Å². The summed E-state index contributed by atoms with van der Waals surface area (Å²) >= 11 is 0. The molecule has 0 aromatic heterocycles. The summed E-state index contributed by atoms with van der Waals surface area (Å²) in [6.07, 6.45) is 4.92. The maximum absolute atomic E-state index is 10.4. The van der Waals surface area contributed by atoms with Crippen molar-refractivity contribution in [2.75, 3.05) is 13.2 Å². The predicted molar refractivity (Wildman–Crippen MR) is 46.6 cm³/mol. The van der Waals surface area contributed by atoms with Gasteiger partial charge in [0.25, 0.3) is 0 Å². The fourth-order valence-electron chi connectivity index (χ4n) is 1.60. The summed E-state index contributed by atoms with van der Waals surface area (Å²) in [6, 6.07) is 0. The standard InChI is InChI=1S/C9H17NO2/c10-9(11)3-1-2-8-4-6-12-7-5-8/h8H,1-7H2,(H2,10,11). The SMILES string of the molecule is NC(=O)CCCC1CCOCC1. The Kier molecular flexibility index (Phi) is 4.08. The Labute approximate surface area is 73.3 Å². The van der Waals surface area contributed by atoms with Gasteiger partial charge in [-0.05, 0) is 31.6 Å². The highest BCUT2D eigenvalue weighted by atomic mass is 16.5. The third-order valence-corrected chi connectivity index (χ3v) is 2.38. The molecule has 0 aromatic rings. The van der Waals surface area contributed by atoms with Gasteiger partial charge in [-0.15, -0.1) is 0 Å². The van der Waals surface area contributed by atoms with Crippen LogP contribution in [-0.4, -0.2) is 19.1 Å². The molecule has 3 heteroatoms. The Balaban J connectivity index is 2.01. The van der Waals surface area contributed by atoms with Crippen LogP contribution in [0.1, 0.15) is 32.1 Å². The summed E-state index contributed by atoms with van der Waals surface area (Å²) in [7, 11) is 0. The summed E-state index contributed by atoms with van der Waals surface area (Å²) in [5, 5.41) is 0. The molecule has 1 fully saturated rings. The van der Waals surface area contributed by atoms with Crippen molar-refractivity contribution in [3.05, 3.63) is 0 Å². The topological polar surface area (TPSA) is 52.3 Å². The van der Waals surface area contributed by atoms with Crippen LogP contribution in [0.4, 0.5) is 0 Å². The van der Waals surface area contributed by atoms with Gasteiger partial charge in [0, 0.05) is 19.6 Å². The highest BCUT2D eigenvalue weighted by molar-refractivity contribution is 5.73. The van der Waals surface area contributed by atoms with Gasteiger partial charge in [-0.1, -0.05) is 0 Å². The second kappa shape index (κ2) is 5.14. The summed E-state index contributed by atoms with van der Waals surface area (Å²) in [4.78, 5) is 10.4. The number of ether oxygens (including phenoxy) is 1. The van der Waals surface area contributed by atoms with Gasteiger partial charge in [-0.25, -0.2) is 0 Å². The highest BCUT2D eigenvalue weighted by Gasteiger charge is 2.13. The largest absolute Gasteiger partial charge is 0.381 e. The molecule has 1 aliphatic rings. The van der Waals surface area contributed by atoms with Crippen molar-refractivity contribution in [1.29, 1.82) is 0 Å². The Hall–Kier alpha value is -0.570. The van der Waals surface area contributed by atoms with Crippen LogP contribution in [0.2, 0.25) is 0 Å². The van der Waals surface area contributed by atoms with E-state index < -0.39 is 0 Å². The first-order valence-electron chi connectivity index (χ1n) is 4.65. The maximum atomic E-state index is 10.4. The molecule has 3 nitrogen and oxygen atoms in total. The van der Waals surface area contributed by atoms with E-state index in [-0.39, 0.29) is 5.91 Å². The minimum absolute atomic E-state index is 0.179. The predicted octanol–water partition coefficient (Wildman–Crippen LogP) is 1.07. The molecule has 2 N–H and O–H groups in total. The second-order valence-electron chi connectivity index (χ2n) is 3.41. The molecular weight excluding hydrogens is 154 g/mol. The quantitative estimate of drug-likeness (QED) is 0.687. The molecule has 1 saturated heterocycles. The van der Waals surface area contributed by atoms with Crippen molar-refractivity contribution in [3.63, 3.8) is 0 Å². The van der Waals surface area contributed by atoms with E-state index in [1.165, 1.54) is 0 Å². The number of amides is 1. The second-order valence-corrected chi connectivity index (χ2v) is 3.41. The molecule has 0 radical (unpaired) electrons. The zero-order chi connectivity index (χ0) is 8.81. The third kappa shape index (κ3) is 3.72. The molecule has 0 saturated carbocycles. The maximum Gasteiger partial charge on any atom is 0.217 e. The number of rotatable bonds is 4. The Morgan fingerprint density at radius 2 is 2.08 bits per heavy atom. The lowest BCUT2D eigenvalue weighted by molar-refractivity contribution is -0.118. The zero-order valence-corrected chi connectivity index (χ0v) is 7.42. The van der Waals surface area contributed by atoms with E-state index >= 15 is 0 Å². The van der Waals surface area contributed by atoms with Crippen LogP contribution in [0.15, 0.2) is 0 Å². The van der Waals surface area contributed by atoms with Gasteiger partial charge in [0.15, 0.2) is 0 Å². The van der Waals surface area contributed by atoms with E-state index in [0.29, 0.717) is 6.42 Å². The highest BCUT2D eigenvalue weighted by Crippen LogP contribution is 2.20. The Morgan fingerprint density at radius 3 is 2.67 bits per heavy atom. The minimum atomic E-state index is -0.179. The molecule has 0 atom stereocenters. The molecule has 70 valence electrons. The monoisotopic (exact) mass is 171 g/mol. The zero-order valence-electron chi connectivity index (χ0n) is 7.42. The van der Waals surface area contributed by atoms with Gasteiger partial charge in [0.1, 0.15) is 0 Å². The molecule has 0 spiro atoms. The summed E-state index contributed by atoms with van der Waals surface area (Å²) in [6.45, 7) is 1.78. The van der Waals surface area contributed by atoms with E-state index in [2.05, 4.69) is 0 Å². The van der Waals surface area contributed by atoms with E-state index in [1.54, 1.807) is 0 Å². The van der Waals surface area contributed by atoms with E-state index in [1.807, 2.05) is 0 Å². The molecule has 0 aliphatic carbocycles. The van der Waals surface area contributed by atoms with Crippen molar-refractivity contribution >= 4 is 5.91 Å². The smallest absolute Gasteiger partial charge is 0.217 e. The van der Waals surface area contributed by atoms with Gasteiger partial charge in [0.2, 0.25) is 5.91 Å². The molecule has 0 unspecified atom stereocenters. The minimum Gasteiger partial charge on any atom is -0.381 e. The Morgan fingerprint density at radius 1 is 1.42 bits per heavy atom. The van der Waals surface area contributed by atoms with Crippen molar-refractivity contribution in [3.8, 4) is 0 Å². The van der Waals surface area contributed by atoms with Crippen LogP contribution >= 0.6 is 0 Å². The summed E-state index contributed by atoms with van der Waals surface area (Å²) < 4.78 is 5.24. The average molecular weight is 171 g/mol. The first kappa shape index (κ1) is 9.52. The molecule has 1 rings (SSSR count). The lowest BCUT2D eigenvalue weighted by Gasteiger charge is -2.21.